The zero-order valence-corrected chi connectivity index (χ0v) is 12.0. The third kappa shape index (κ3) is 3.94. The topological polar surface area (TPSA) is 73.4 Å². The van der Waals surface area contributed by atoms with Crippen LogP contribution in [0, 0.1) is 0 Å². The lowest BCUT2D eigenvalue weighted by Gasteiger charge is -2.07. The third-order valence-electron chi connectivity index (χ3n) is 2.45. The number of hydrogen-bond donors (Lipinski definition) is 2. The van der Waals surface area contributed by atoms with Crippen LogP contribution in [0.5, 0.6) is 0 Å². The second-order valence-electron chi connectivity index (χ2n) is 3.97. The number of hydrogen-bond acceptors (Lipinski definition) is 4. The van der Waals surface area contributed by atoms with Crippen molar-refractivity contribution in [1.82, 2.24) is 15.0 Å². The van der Waals surface area contributed by atoms with Crippen molar-refractivity contribution in [3.05, 3.63) is 36.1 Å². The Hall–Kier alpha value is -2.63. The Morgan fingerprint density at radius 2 is 2.20 bits per heavy atom. The lowest BCUT2D eigenvalue weighted by Crippen LogP contribution is -2.23. The number of amides is 1. The number of H-pyrrole nitrogens is 1. The average Bonchev–Trinajstić information content (AvgIpc) is 2.80. The van der Waals surface area contributed by atoms with Crippen molar-refractivity contribution in [1.29, 1.82) is 0 Å². The minimum Gasteiger partial charge on any atom is -0.324 e. The van der Waals surface area contributed by atoms with E-state index >= 15 is 0 Å². The Kier molecular flexibility index (Phi) is 5.46. The van der Waals surface area contributed by atoms with E-state index in [9.17, 15) is 4.79 Å². The molecule has 1 amide bonds. The molecule has 0 bridgehead atoms. The van der Waals surface area contributed by atoms with Crippen LogP contribution in [-0.2, 0) is 4.79 Å². The minimum atomic E-state index is -0.333. The number of anilines is 1. The van der Waals surface area contributed by atoms with Crippen LogP contribution in [0.2, 0.25) is 0 Å². The Labute approximate surface area is 117 Å². The zero-order valence-electron chi connectivity index (χ0n) is 12.0. The quantitative estimate of drug-likeness (QED) is 0.608. The summed E-state index contributed by atoms with van der Waals surface area (Å²) in [5, 5.41) is 9.67. The monoisotopic (exact) mass is 273 g/mol. The summed E-state index contributed by atoms with van der Waals surface area (Å²) in [4.78, 5) is 19.2. The van der Waals surface area contributed by atoms with E-state index in [1.165, 1.54) is 11.2 Å². The molecule has 1 aromatic heterocycles. The molecule has 1 heterocycles. The van der Waals surface area contributed by atoms with Crippen molar-refractivity contribution >= 4 is 29.7 Å². The molecule has 0 aliphatic heterocycles. The number of allylic oxidation sites excluding steroid dienone is 1. The van der Waals surface area contributed by atoms with Crippen molar-refractivity contribution in [2.45, 2.75) is 13.8 Å². The normalized spacial score (nSPS) is 13.2. The van der Waals surface area contributed by atoms with Crippen molar-refractivity contribution in [2.24, 2.45) is 5.10 Å². The molecule has 6 heteroatoms. The molecule has 0 atom stereocenters. The van der Waals surface area contributed by atoms with Crippen LogP contribution in [0.25, 0.3) is 12.2 Å². The summed E-state index contributed by atoms with van der Waals surface area (Å²) in [6.45, 7) is 10.7. The summed E-state index contributed by atoms with van der Waals surface area (Å²) in [5.41, 5.74) is 0.306. The number of hydrazone groups is 1. The minimum absolute atomic E-state index is 0.306. The summed E-state index contributed by atoms with van der Waals surface area (Å²) >= 11 is 0. The molecule has 20 heavy (non-hydrogen) atoms. The second-order valence-corrected chi connectivity index (χ2v) is 3.97. The van der Waals surface area contributed by atoms with Gasteiger partial charge in [0, 0.05) is 13.2 Å². The van der Waals surface area contributed by atoms with Crippen LogP contribution in [0.15, 0.2) is 30.5 Å². The average molecular weight is 273 g/mol. The van der Waals surface area contributed by atoms with Crippen molar-refractivity contribution in [3.63, 3.8) is 0 Å². The van der Waals surface area contributed by atoms with E-state index in [1.807, 2.05) is 13.0 Å². The summed E-state index contributed by atoms with van der Waals surface area (Å²) in [6, 6.07) is 0. The van der Waals surface area contributed by atoms with Crippen LogP contribution in [0.3, 0.4) is 0 Å². The molecular formula is C14H19N5O. The molecule has 106 valence electrons. The number of rotatable bonds is 5. The second kappa shape index (κ2) is 7.08. The van der Waals surface area contributed by atoms with E-state index in [1.54, 1.807) is 26.1 Å². The van der Waals surface area contributed by atoms with Crippen molar-refractivity contribution in [2.75, 3.05) is 12.4 Å². The van der Waals surface area contributed by atoms with E-state index in [0.717, 1.165) is 10.7 Å². The number of aromatic amines is 1. The maximum absolute atomic E-state index is 11.9. The van der Waals surface area contributed by atoms with E-state index in [0.29, 0.717) is 11.7 Å². The van der Waals surface area contributed by atoms with Gasteiger partial charge in [-0.3, -0.25) is 15.1 Å². The molecule has 1 rings (SSSR count). The third-order valence-corrected chi connectivity index (χ3v) is 2.45. The molecule has 1 aromatic rings. The van der Waals surface area contributed by atoms with Crippen LogP contribution >= 0.6 is 0 Å². The van der Waals surface area contributed by atoms with Gasteiger partial charge in [-0.2, -0.15) is 5.10 Å². The highest BCUT2D eigenvalue weighted by atomic mass is 16.2. The summed E-state index contributed by atoms with van der Waals surface area (Å²) in [7, 11) is 1.69. The first kappa shape index (κ1) is 15.4. The predicted octanol–water partition coefficient (Wildman–Crippen LogP) is 0.566. The highest BCUT2D eigenvalue weighted by Gasteiger charge is 2.09. The van der Waals surface area contributed by atoms with Gasteiger partial charge >= 0.3 is 0 Å². The number of carbonyl (C=O) groups excluding carboxylic acids is 1. The molecule has 0 spiro atoms. The molecule has 0 fully saturated rings. The van der Waals surface area contributed by atoms with Crippen LogP contribution in [-0.4, -0.2) is 33.6 Å². The molecule has 2 N–H and O–H groups in total. The predicted molar refractivity (Wildman–Crippen MR) is 82.3 cm³/mol. The van der Waals surface area contributed by atoms with Crippen molar-refractivity contribution in [3.8, 4) is 0 Å². The fourth-order valence-electron chi connectivity index (χ4n) is 1.45. The van der Waals surface area contributed by atoms with Crippen LogP contribution < -0.4 is 16.0 Å². The molecule has 0 aliphatic carbocycles. The van der Waals surface area contributed by atoms with Gasteiger partial charge in [0.25, 0.3) is 5.91 Å². The zero-order chi connectivity index (χ0) is 15.1. The number of nitrogens with one attached hydrogen (secondary N) is 2. The van der Waals surface area contributed by atoms with E-state index in [-0.39, 0.29) is 5.91 Å². The Morgan fingerprint density at radius 1 is 1.50 bits per heavy atom. The molecule has 0 unspecified atom stereocenters. The largest absolute Gasteiger partial charge is 0.324 e. The van der Waals surface area contributed by atoms with Gasteiger partial charge in [-0.15, -0.1) is 0 Å². The Bertz CT molecular complexity index is 654. The fraction of sp³-hybridized carbons (Fsp3) is 0.214. The van der Waals surface area contributed by atoms with Gasteiger partial charge in [-0.25, -0.2) is 4.98 Å². The van der Waals surface area contributed by atoms with Gasteiger partial charge in [-0.1, -0.05) is 25.3 Å². The molecular weight excluding hydrogens is 254 g/mol. The SMILES string of the molecule is C=C/C=c1/[nH]c(NC(=O)/C(C)=N/N(C)C=C)n/c1=C/C. The summed E-state index contributed by atoms with van der Waals surface area (Å²) < 4.78 is 0. The standard InChI is InChI=1S/C14H19N5O/c1-6-9-12-11(7-2)15-14(16-12)17-13(20)10(4)18-19(5)8-3/h6-9H,1,3H2,2,4-5H3,(H2,15,16,17,20)/b11-7+,12-9+,18-10+. The van der Waals surface area contributed by atoms with Crippen LogP contribution in [0.1, 0.15) is 13.8 Å². The Morgan fingerprint density at radius 3 is 2.75 bits per heavy atom. The van der Waals surface area contributed by atoms with Gasteiger partial charge in [0.1, 0.15) is 5.71 Å². The number of carbonyl (C=O) groups is 1. The Balaban J connectivity index is 2.98. The van der Waals surface area contributed by atoms with Gasteiger partial charge in [0.05, 0.1) is 10.7 Å². The van der Waals surface area contributed by atoms with E-state index in [4.69, 9.17) is 0 Å². The van der Waals surface area contributed by atoms with E-state index < -0.39 is 0 Å². The molecule has 0 saturated carbocycles. The highest BCUT2D eigenvalue weighted by Crippen LogP contribution is 1.93. The molecule has 0 radical (unpaired) electrons. The molecule has 0 saturated heterocycles. The molecule has 6 nitrogen and oxygen atoms in total. The summed E-state index contributed by atoms with van der Waals surface area (Å²) in [6.07, 6.45) is 6.78. The first-order valence-electron chi connectivity index (χ1n) is 6.08. The smallest absolute Gasteiger partial charge is 0.273 e. The van der Waals surface area contributed by atoms with E-state index in [2.05, 4.69) is 33.5 Å². The molecule has 0 aliphatic rings. The van der Waals surface area contributed by atoms with Gasteiger partial charge in [-0.05, 0) is 19.9 Å². The maximum Gasteiger partial charge on any atom is 0.273 e. The fourth-order valence-corrected chi connectivity index (χ4v) is 1.45. The first-order chi connectivity index (χ1) is 9.51. The maximum atomic E-state index is 11.9. The number of aromatic nitrogens is 2. The first-order valence-corrected chi connectivity index (χ1v) is 6.08. The lowest BCUT2D eigenvalue weighted by atomic mass is 10.4. The van der Waals surface area contributed by atoms with Gasteiger partial charge in [0.2, 0.25) is 5.95 Å². The highest BCUT2D eigenvalue weighted by molar-refractivity contribution is 6.41. The lowest BCUT2D eigenvalue weighted by molar-refractivity contribution is -0.110. The van der Waals surface area contributed by atoms with Gasteiger partial charge in [0.15, 0.2) is 0 Å². The number of nitrogens with zero attached hydrogens (tertiary/aromatic N) is 3. The number of imidazole rings is 1. The summed E-state index contributed by atoms with van der Waals surface area (Å²) in [5.74, 6) is 0.0345. The molecule has 0 aromatic carbocycles. The van der Waals surface area contributed by atoms with Crippen LogP contribution in [0.4, 0.5) is 5.95 Å². The van der Waals surface area contributed by atoms with Gasteiger partial charge < -0.3 is 4.98 Å². The van der Waals surface area contributed by atoms with Crippen molar-refractivity contribution < 1.29 is 4.79 Å².